The van der Waals surface area contributed by atoms with Crippen LogP contribution in [0.2, 0.25) is 0 Å². The molecule has 1 aromatic rings. The van der Waals surface area contributed by atoms with E-state index in [0.29, 0.717) is 62.6 Å². The standard InChI is InChI=1S/C30H46FN5O4/c1-5-40-17-16-35(4)30(39)33-28(29(38)36-14-12-34(3)13-15-36)20(2)23-10-11-26(25(31)18-23)32-27(37)19-24(21-6-7-21)22-8-9-22/h10-11,18,20-22,24,28H,5-9,12-17,19H2,1-4H3,(H,32,37)(H,33,39). The van der Waals surface area contributed by atoms with Gasteiger partial charge in [-0.3, -0.25) is 9.59 Å². The van der Waals surface area contributed by atoms with E-state index in [-0.39, 0.29) is 23.5 Å². The minimum atomic E-state index is -0.872. The van der Waals surface area contributed by atoms with Gasteiger partial charge in [-0.15, -0.1) is 0 Å². The van der Waals surface area contributed by atoms with Gasteiger partial charge in [-0.1, -0.05) is 13.0 Å². The van der Waals surface area contributed by atoms with Crippen LogP contribution in [-0.2, 0) is 14.3 Å². The van der Waals surface area contributed by atoms with Crippen molar-refractivity contribution in [2.75, 3.05) is 65.3 Å². The van der Waals surface area contributed by atoms with Crippen LogP contribution in [0.5, 0.6) is 0 Å². The van der Waals surface area contributed by atoms with Gasteiger partial charge in [0.25, 0.3) is 0 Å². The summed E-state index contributed by atoms with van der Waals surface area (Å²) < 4.78 is 20.6. The third-order valence-corrected chi connectivity index (χ3v) is 8.65. The summed E-state index contributed by atoms with van der Waals surface area (Å²) in [4.78, 5) is 44.8. The van der Waals surface area contributed by atoms with E-state index in [4.69, 9.17) is 4.74 Å². The molecule has 4 rings (SSSR count). The molecule has 0 aromatic heterocycles. The molecule has 2 atom stereocenters. The van der Waals surface area contributed by atoms with Crippen molar-refractivity contribution in [3.8, 4) is 0 Å². The van der Waals surface area contributed by atoms with E-state index < -0.39 is 17.8 Å². The van der Waals surface area contributed by atoms with E-state index in [1.165, 1.54) is 36.6 Å². The maximum absolute atomic E-state index is 15.3. The molecule has 222 valence electrons. The van der Waals surface area contributed by atoms with Gasteiger partial charge in [0, 0.05) is 58.7 Å². The van der Waals surface area contributed by atoms with Crippen LogP contribution >= 0.6 is 0 Å². The largest absolute Gasteiger partial charge is 0.380 e. The normalized spacial score (nSPS) is 19.3. The first kappa shape index (κ1) is 30.2. The Labute approximate surface area is 237 Å². The van der Waals surface area contributed by atoms with Gasteiger partial charge >= 0.3 is 6.03 Å². The van der Waals surface area contributed by atoms with Gasteiger partial charge < -0.3 is 30.1 Å². The summed E-state index contributed by atoms with van der Waals surface area (Å²) in [6.07, 6.45) is 5.23. The lowest BCUT2D eigenvalue weighted by atomic mass is 9.91. The van der Waals surface area contributed by atoms with Crippen molar-refractivity contribution in [3.05, 3.63) is 29.6 Å². The number of carbonyl (C=O) groups excluding carboxylic acids is 3. The Kier molecular flexibility index (Phi) is 10.4. The first-order chi connectivity index (χ1) is 19.2. The molecule has 10 heteroatoms. The Morgan fingerprint density at radius 1 is 1.10 bits per heavy atom. The molecule has 1 heterocycles. The molecule has 3 fully saturated rings. The van der Waals surface area contributed by atoms with Gasteiger partial charge in [-0.05, 0) is 75.1 Å². The molecule has 2 N–H and O–H groups in total. The molecule has 9 nitrogen and oxygen atoms in total. The van der Waals surface area contributed by atoms with Crippen LogP contribution < -0.4 is 10.6 Å². The molecule has 0 spiro atoms. The van der Waals surface area contributed by atoms with Crippen molar-refractivity contribution in [1.82, 2.24) is 20.0 Å². The molecule has 4 amide bonds. The number of halogens is 1. The summed E-state index contributed by atoms with van der Waals surface area (Å²) in [5.41, 5.74) is 0.724. The summed E-state index contributed by atoms with van der Waals surface area (Å²) in [5.74, 6) is 0.343. The number of urea groups is 1. The molecule has 1 aromatic carbocycles. The van der Waals surface area contributed by atoms with Crippen LogP contribution in [0.1, 0.15) is 57.4 Å². The number of benzene rings is 1. The molecule has 1 saturated heterocycles. The minimum absolute atomic E-state index is 0.144. The Balaban J connectivity index is 1.44. The molecular weight excluding hydrogens is 513 g/mol. The molecule has 40 heavy (non-hydrogen) atoms. The number of piperazine rings is 1. The van der Waals surface area contributed by atoms with E-state index in [2.05, 4.69) is 15.5 Å². The Hall–Kier alpha value is -2.72. The number of hydrogen-bond acceptors (Lipinski definition) is 5. The van der Waals surface area contributed by atoms with E-state index in [0.717, 1.165) is 13.1 Å². The second-order valence-corrected chi connectivity index (χ2v) is 11.8. The van der Waals surface area contributed by atoms with E-state index >= 15 is 4.39 Å². The lowest BCUT2D eigenvalue weighted by molar-refractivity contribution is -0.135. The highest BCUT2D eigenvalue weighted by atomic mass is 19.1. The number of nitrogens with one attached hydrogen (secondary N) is 2. The lowest BCUT2D eigenvalue weighted by Crippen LogP contribution is -2.57. The number of nitrogens with zero attached hydrogens (tertiary/aromatic N) is 3. The van der Waals surface area contributed by atoms with Crippen LogP contribution in [0, 0.1) is 23.6 Å². The zero-order valence-corrected chi connectivity index (χ0v) is 24.5. The smallest absolute Gasteiger partial charge is 0.317 e. The summed E-state index contributed by atoms with van der Waals surface area (Å²) in [6.45, 7) is 7.68. The molecule has 0 bridgehead atoms. The summed E-state index contributed by atoms with van der Waals surface area (Å²) in [5, 5.41) is 5.67. The zero-order valence-electron chi connectivity index (χ0n) is 24.5. The van der Waals surface area contributed by atoms with E-state index in [9.17, 15) is 14.4 Å². The second kappa shape index (κ2) is 13.8. The fraction of sp³-hybridized carbons (Fsp3) is 0.700. The number of hydrogen-bond donors (Lipinski definition) is 2. The molecule has 2 aliphatic carbocycles. The SMILES string of the molecule is CCOCCN(C)C(=O)NC(C(=O)N1CCN(C)CC1)C(C)c1ccc(NC(=O)CC(C2CC2)C2CC2)c(F)c1. The maximum atomic E-state index is 15.3. The first-order valence-electron chi connectivity index (χ1n) is 14.8. The van der Waals surface area contributed by atoms with E-state index in [1.807, 2.05) is 20.9 Å². The van der Waals surface area contributed by atoms with Gasteiger partial charge in [-0.25, -0.2) is 9.18 Å². The topological polar surface area (TPSA) is 94.2 Å². The molecule has 1 aliphatic heterocycles. The Morgan fingerprint density at radius 3 is 2.33 bits per heavy atom. The second-order valence-electron chi connectivity index (χ2n) is 11.8. The summed E-state index contributed by atoms with van der Waals surface area (Å²) in [7, 11) is 3.67. The van der Waals surface area contributed by atoms with Crippen molar-refractivity contribution in [1.29, 1.82) is 0 Å². The highest BCUT2D eigenvalue weighted by Crippen LogP contribution is 2.50. The monoisotopic (exact) mass is 559 g/mol. The number of likely N-dealkylation sites (N-methyl/N-ethyl adjacent to an activating group) is 2. The van der Waals surface area contributed by atoms with Crippen molar-refractivity contribution >= 4 is 23.5 Å². The fourth-order valence-corrected chi connectivity index (χ4v) is 5.61. The van der Waals surface area contributed by atoms with Crippen molar-refractivity contribution < 1.29 is 23.5 Å². The van der Waals surface area contributed by atoms with Crippen LogP contribution in [0.4, 0.5) is 14.9 Å². The number of ether oxygens (including phenoxy) is 1. The number of amides is 4. The molecule has 3 aliphatic rings. The Morgan fingerprint density at radius 2 is 1.75 bits per heavy atom. The third kappa shape index (κ3) is 8.16. The highest BCUT2D eigenvalue weighted by molar-refractivity contribution is 5.91. The third-order valence-electron chi connectivity index (χ3n) is 8.65. The fourth-order valence-electron chi connectivity index (χ4n) is 5.61. The average Bonchev–Trinajstić information content (AvgIpc) is 3.86. The highest BCUT2D eigenvalue weighted by Gasteiger charge is 2.42. The minimum Gasteiger partial charge on any atom is -0.380 e. The molecule has 2 saturated carbocycles. The first-order valence-corrected chi connectivity index (χ1v) is 14.8. The quantitative estimate of drug-likeness (QED) is 0.361. The number of anilines is 1. The predicted molar refractivity (Wildman–Crippen MR) is 153 cm³/mol. The molecular formula is C30H46FN5O4. The predicted octanol–water partition coefficient (Wildman–Crippen LogP) is 3.51. The van der Waals surface area contributed by atoms with Crippen LogP contribution in [0.3, 0.4) is 0 Å². The summed E-state index contributed by atoms with van der Waals surface area (Å²) >= 11 is 0. The van der Waals surface area contributed by atoms with Crippen molar-refractivity contribution in [3.63, 3.8) is 0 Å². The van der Waals surface area contributed by atoms with Gasteiger partial charge in [0.1, 0.15) is 11.9 Å². The number of carbonyl (C=O) groups is 3. The summed E-state index contributed by atoms with van der Waals surface area (Å²) in [6, 6.07) is 3.41. The zero-order chi connectivity index (χ0) is 28.8. The average molecular weight is 560 g/mol. The van der Waals surface area contributed by atoms with Crippen molar-refractivity contribution in [2.45, 2.75) is 57.9 Å². The maximum Gasteiger partial charge on any atom is 0.317 e. The van der Waals surface area contributed by atoms with Crippen LogP contribution in [-0.4, -0.2) is 98.6 Å². The number of rotatable bonds is 13. The Bertz CT molecular complexity index is 1030. The van der Waals surface area contributed by atoms with Crippen LogP contribution in [0.25, 0.3) is 0 Å². The van der Waals surface area contributed by atoms with E-state index in [1.54, 1.807) is 24.1 Å². The van der Waals surface area contributed by atoms with Gasteiger partial charge in [0.15, 0.2) is 0 Å². The van der Waals surface area contributed by atoms with Crippen LogP contribution in [0.15, 0.2) is 18.2 Å². The van der Waals surface area contributed by atoms with Gasteiger partial charge in [-0.2, -0.15) is 0 Å². The van der Waals surface area contributed by atoms with Gasteiger partial charge in [0.2, 0.25) is 11.8 Å². The van der Waals surface area contributed by atoms with Crippen molar-refractivity contribution in [2.24, 2.45) is 17.8 Å². The lowest BCUT2D eigenvalue weighted by Gasteiger charge is -2.36. The molecule has 2 unspecified atom stereocenters. The van der Waals surface area contributed by atoms with Gasteiger partial charge in [0.05, 0.1) is 12.3 Å². The molecule has 0 radical (unpaired) electrons.